The van der Waals surface area contributed by atoms with Crippen molar-refractivity contribution >= 4 is 11.8 Å². The molecule has 19 heavy (non-hydrogen) atoms. The van der Waals surface area contributed by atoms with Crippen LogP contribution in [0.5, 0.6) is 0 Å². The standard InChI is InChI=1S/C13H12N4OS/c1-15-8-9-2-3-11(10(6-9)7-14)19-13-16-5-4-12(18)17-13/h2-6,15H,8H2,1H3,(H,16,17,18). The maximum Gasteiger partial charge on any atom is 0.251 e. The second-order valence-corrected chi connectivity index (χ2v) is 4.84. The Morgan fingerprint density at radius 1 is 1.47 bits per heavy atom. The summed E-state index contributed by atoms with van der Waals surface area (Å²) in [6, 6.07) is 9.16. The van der Waals surface area contributed by atoms with Gasteiger partial charge in [-0.25, -0.2) is 4.98 Å². The third kappa shape index (κ3) is 3.44. The average molecular weight is 272 g/mol. The summed E-state index contributed by atoms with van der Waals surface area (Å²) in [5.74, 6) is 0. The molecule has 0 amide bonds. The molecule has 1 heterocycles. The normalized spacial score (nSPS) is 10.1. The lowest BCUT2D eigenvalue weighted by Crippen LogP contribution is -2.06. The highest BCUT2D eigenvalue weighted by Gasteiger charge is 2.07. The van der Waals surface area contributed by atoms with Crippen LogP contribution in [-0.2, 0) is 6.54 Å². The van der Waals surface area contributed by atoms with Crippen molar-refractivity contribution in [3.05, 3.63) is 51.9 Å². The predicted octanol–water partition coefficient (Wildman–Crippen LogP) is 1.51. The monoisotopic (exact) mass is 272 g/mol. The number of H-pyrrole nitrogens is 1. The molecule has 0 saturated heterocycles. The van der Waals surface area contributed by atoms with Gasteiger partial charge in [-0.15, -0.1) is 0 Å². The predicted molar refractivity (Wildman–Crippen MR) is 72.9 cm³/mol. The fourth-order valence-corrected chi connectivity index (χ4v) is 2.40. The van der Waals surface area contributed by atoms with Crippen molar-refractivity contribution in [1.82, 2.24) is 15.3 Å². The molecule has 96 valence electrons. The molecule has 0 aliphatic heterocycles. The van der Waals surface area contributed by atoms with Crippen LogP contribution < -0.4 is 10.9 Å². The number of nitrogens with one attached hydrogen (secondary N) is 2. The van der Waals surface area contributed by atoms with E-state index in [1.54, 1.807) is 0 Å². The van der Waals surface area contributed by atoms with Crippen molar-refractivity contribution in [2.45, 2.75) is 16.6 Å². The third-order valence-corrected chi connectivity index (χ3v) is 3.38. The van der Waals surface area contributed by atoms with E-state index in [-0.39, 0.29) is 5.56 Å². The van der Waals surface area contributed by atoms with E-state index in [0.29, 0.717) is 17.3 Å². The third-order valence-electron chi connectivity index (χ3n) is 2.40. The minimum absolute atomic E-state index is 0.206. The number of nitriles is 1. The van der Waals surface area contributed by atoms with E-state index in [9.17, 15) is 4.79 Å². The van der Waals surface area contributed by atoms with E-state index >= 15 is 0 Å². The molecule has 6 heteroatoms. The number of hydrogen-bond donors (Lipinski definition) is 2. The van der Waals surface area contributed by atoms with Crippen LogP contribution in [0.25, 0.3) is 0 Å². The van der Waals surface area contributed by atoms with E-state index < -0.39 is 0 Å². The highest BCUT2D eigenvalue weighted by molar-refractivity contribution is 7.99. The summed E-state index contributed by atoms with van der Waals surface area (Å²) in [4.78, 5) is 18.6. The lowest BCUT2D eigenvalue weighted by Gasteiger charge is -2.05. The van der Waals surface area contributed by atoms with Gasteiger partial charge in [-0.05, 0) is 24.7 Å². The topological polar surface area (TPSA) is 81.6 Å². The molecule has 0 fully saturated rings. The summed E-state index contributed by atoms with van der Waals surface area (Å²) in [6.07, 6.45) is 1.45. The van der Waals surface area contributed by atoms with Gasteiger partial charge in [-0.2, -0.15) is 5.26 Å². The van der Waals surface area contributed by atoms with E-state index in [4.69, 9.17) is 5.26 Å². The molecule has 1 aromatic heterocycles. The second-order valence-electron chi connectivity index (χ2n) is 3.81. The Kier molecular flexibility index (Phi) is 4.34. The SMILES string of the molecule is CNCc1ccc(Sc2nccc(=O)[nH]2)c(C#N)c1. The number of aromatic nitrogens is 2. The smallest absolute Gasteiger partial charge is 0.251 e. The zero-order valence-electron chi connectivity index (χ0n) is 10.3. The molecule has 0 aliphatic rings. The summed E-state index contributed by atoms with van der Waals surface area (Å²) in [5.41, 5.74) is 1.41. The Morgan fingerprint density at radius 2 is 2.32 bits per heavy atom. The van der Waals surface area contributed by atoms with Gasteiger partial charge in [0.05, 0.1) is 5.56 Å². The summed E-state index contributed by atoms with van der Waals surface area (Å²) in [7, 11) is 1.85. The zero-order chi connectivity index (χ0) is 13.7. The van der Waals surface area contributed by atoms with Crippen molar-refractivity contribution in [3.8, 4) is 6.07 Å². The van der Waals surface area contributed by atoms with Gasteiger partial charge in [0.1, 0.15) is 6.07 Å². The molecule has 0 bridgehead atoms. The van der Waals surface area contributed by atoms with E-state index in [2.05, 4.69) is 21.4 Å². The molecule has 0 radical (unpaired) electrons. The maximum atomic E-state index is 11.2. The Morgan fingerprint density at radius 3 is 3.00 bits per heavy atom. The van der Waals surface area contributed by atoms with Gasteiger partial charge in [0.2, 0.25) is 0 Å². The van der Waals surface area contributed by atoms with Crippen LogP contribution >= 0.6 is 11.8 Å². The first-order valence-electron chi connectivity index (χ1n) is 5.63. The minimum Gasteiger partial charge on any atom is -0.316 e. The summed E-state index contributed by atoms with van der Waals surface area (Å²) >= 11 is 1.27. The van der Waals surface area contributed by atoms with Crippen LogP contribution in [-0.4, -0.2) is 17.0 Å². The number of hydrogen-bond acceptors (Lipinski definition) is 5. The number of benzene rings is 1. The quantitative estimate of drug-likeness (QED) is 0.825. The first kappa shape index (κ1) is 13.3. The maximum absolute atomic E-state index is 11.2. The Hall–Kier alpha value is -2.10. The molecule has 2 aromatic rings. The molecule has 2 rings (SSSR count). The molecule has 1 aromatic carbocycles. The van der Waals surface area contributed by atoms with Gasteiger partial charge in [0.15, 0.2) is 5.16 Å². The van der Waals surface area contributed by atoms with Crippen molar-refractivity contribution < 1.29 is 0 Å². The Labute approximate surface area is 114 Å². The number of aromatic amines is 1. The zero-order valence-corrected chi connectivity index (χ0v) is 11.1. The summed E-state index contributed by atoms with van der Waals surface area (Å²) < 4.78 is 0. The number of nitrogens with zero attached hydrogens (tertiary/aromatic N) is 2. The molecular formula is C13H12N4OS. The van der Waals surface area contributed by atoms with Crippen LogP contribution in [0.2, 0.25) is 0 Å². The fraction of sp³-hybridized carbons (Fsp3) is 0.154. The van der Waals surface area contributed by atoms with E-state index in [1.807, 2.05) is 25.2 Å². The second kappa shape index (κ2) is 6.18. The lowest BCUT2D eigenvalue weighted by molar-refractivity contribution is 0.816. The van der Waals surface area contributed by atoms with Crippen LogP contribution in [0.1, 0.15) is 11.1 Å². The van der Waals surface area contributed by atoms with E-state index in [0.717, 1.165) is 10.5 Å². The minimum atomic E-state index is -0.206. The Bertz CT molecular complexity index is 675. The highest BCUT2D eigenvalue weighted by atomic mass is 32.2. The molecule has 0 saturated carbocycles. The van der Waals surface area contributed by atoms with Gasteiger partial charge < -0.3 is 10.3 Å². The van der Waals surface area contributed by atoms with Gasteiger partial charge in [0.25, 0.3) is 5.56 Å². The van der Waals surface area contributed by atoms with Crippen molar-refractivity contribution in [3.63, 3.8) is 0 Å². The molecule has 0 aliphatic carbocycles. The van der Waals surface area contributed by atoms with Crippen molar-refractivity contribution in [2.75, 3.05) is 7.05 Å². The first-order chi connectivity index (χ1) is 9.22. The lowest BCUT2D eigenvalue weighted by atomic mass is 10.1. The van der Waals surface area contributed by atoms with Crippen molar-refractivity contribution in [2.24, 2.45) is 0 Å². The van der Waals surface area contributed by atoms with Crippen LogP contribution in [0, 0.1) is 11.3 Å². The average Bonchev–Trinajstić information content (AvgIpc) is 2.41. The molecule has 0 atom stereocenters. The molecule has 0 unspecified atom stereocenters. The van der Waals surface area contributed by atoms with Crippen LogP contribution in [0.4, 0.5) is 0 Å². The number of rotatable bonds is 4. The van der Waals surface area contributed by atoms with Gasteiger partial charge in [-0.3, -0.25) is 4.79 Å². The molecular weight excluding hydrogens is 260 g/mol. The van der Waals surface area contributed by atoms with E-state index in [1.165, 1.54) is 24.0 Å². The van der Waals surface area contributed by atoms with Crippen LogP contribution in [0.15, 0.2) is 45.3 Å². The summed E-state index contributed by atoms with van der Waals surface area (Å²) in [5, 5.41) is 12.7. The summed E-state index contributed by atoms with van der Waals surface area (Å²) in [6.45, 7) is 0.708. The molecule has 5 nitrogen and oxygen atoms in total. The first-order valence-corrected chi connectivity index (χ1v) is 6.45. The molecule has 0 spiro atoms. The molecule has 2 N–H and O–H groups in total. The fourth-order valence-electron chi connectivity index (χ4n) is 1.58. The van der Waals surface area contributed by atoms with Gasteiger partial charge in [-0.1, -0.05) is 17.8 Å². The Balaban J connectivity index is 2.30. The largest absolute Gasteiger partial charge is 0.316 e. The highest BCUT2D eigenvalue weighted by Crippen LogP contribution is 2.27. The van der Waals surface area contributed by atoms with Crippen molar-refractivity contribution in [1.29, 1.82) is 5.26 Å². The van der Waals surface area contributed by atoms with Crippen LogP contribution in [0.3, 0.4) is 0 Å². The van der Waals surface area contributed by atoms with Gasteiger partial charge in [0, 0.05) is 23.7 Å². The van der Waals surface area contributed by atoms with Gasteiger partial charge >= 0.3 is 0 Å².